The summed E-state index contributed by atoms with van der Waals surface area (Å²) in [7, 11) is 6.41. The zero-order valence-corrected chi connectivity index (χ0v) is 13.7. The molecule has 0 amide bonds. The molecule has 0 aromatic rings. The molecule has 0 aliphatic heterocycles. The van der Waals surface area contributed by atoms with Crippen LogP contribution in [-0.4, -0.2) is 44.0 Å². The van der Waals surface area contributed by atoms with Crippen molar-refractivity contribution in [1.29, 1.82) is 0 Å². The minimum absolute atomic E-state index is 0.635. The van der Waals surface area contributed by atoms with E-state index in [1.807, 2.05) is 0 Å². The Labute approximate surface area is 114 Å². The summed E-state index contributed by atoms with van der Waals surface area (Å²) in [5.74, 6) is 0.635. The zero-order chi connectivity index (χ0) is 14.3. The van der Waals surface area contributed by atoms with Crippen LogP contribution in [0.3, 0.4) is 0 Å². The molecular weight excluding hydrogens is 220 g/mol. The van der Waals surface area contributed by atoms with Gasteiger partial charge in [-0.25, -0.2) is 0 Å². The molecule has 0 radical (unpaired) electrons. The summed E-state index contributed by atoms with van der Waals surface area (Å²) in [5, 5.41) is 0. The third kappa shape index (κ3) is 6.25. The van der Waals surface area contributed by atoms with Crippen LogP contribution in [0.5, 0.6) is 0 Å². The van der Waals surface area contributed by atoms with Crippen molar-refractivity contribution in [1.82, 2.24) is 9.80 Å². The first kappa shape index (κ1) is 17.2. The molecule has 2 nitrogen and oxygen atoms in total. The van der Waals surface area contributed by atoms with Gasteiger partial charge in [0.2, 0.25) is 0 Å². The van der Waals surface area contributed by atoms with Gasteiger partial charge >= 0.3 is 0 Å². The number of allylic oxidation sites excluding steroid dienone is 4. The lowest BCUT2D eigenvalue weighted by atomic mass is 9.96. The molecular formula is C16H32N2. The number of hydrogen-bond donors (Lipinski definition) is 0. The van der Waals surface area contributed by atoms with Crippen LogP contribution in [-0.2, 0) is 0 Å². The maximum Gasteiger partial charge on any atom is 0.0299 e. The van der Waals surface area contributed by atoms with Crippen molar-refractivity contribution in [3.8, 4) is 0 Å². The van der Waals surface area contributed by atoms with Crippen LogP contribution in [0.4, 0.5) is 0 Å². The van der Waals surface area contributed by atoms with Gasteiger partial charge in [-0.2, -0.15) is 0 Å². The predicted molar refractivity (Wildman–Crippen MR) is 82.8 cm³/mol. The molecule has 0 aromatic heterocycles. The van der Waals surface area contributed by atoms with Crippen LogP contribution in [0.15, 0.2) is 22.9 Å². The third-order valence-electron chi connectivity index (χ3n) is 3.62. The quantitative estimate of drug-likeness (QED) is 0.636. The fraction of sp³-hybridized carbons (Fsp3) is 0.750. The molecule has 0 saturated heterocycles. The highest BCUT2D eigenvalue weighted by Crippen LogP contribution is 2.19. The van der Waals surface area contributed by atoms with Crippen molar-refractivity contribution >= 4 is 0 Å². The molecule has 0 saturated carbocycles. The Kier molecular flexibility index (Phi) is 8.01. The lowest BCUT2D eigenvalue weighted by molar-refractivity contribution is 0.326. The van der Waals surface area contributed by atoms with Crippen LogP contribution >= 0.6 is 0 Å². The van der Waals surface area contributed by atoms with Gasteiger partial charge in [0.25, 0.3) is 0 Å². The Bertz CT molecular complexity index is 298. The van der Waals surface area contributed by atoms with Crippen molar-refractivity contribution in [3.05, 3.63) is 22.9 Å². The maximum absolute atomic E-state index is 2.35. The fourth-order valence-corrected chi connectivity index (χ4v) is 1.75. The van der Waals surface area contributed by atoms with E-state index in [4.69, 9.17) is 0 Å². The topological polar surface area (TPSA) is 6.48 Å². The van der Waals surface area contributed by atoms with Gasteiger partial charge in [0.05, 0.1) is 0 Å². The lowest BCUT2D eigenvalue weighted by Crippen LogP contribution is -2.27. The van der Waals surface area contributed by atoms with E-state index < -0.39 is 0 Å². The van der Waals surface area contributed by atoms with Gasteiger partial charge in [0.15, 0.2) is 0 Å². The second-order valence-electron chi connectivity index (χ2n) is 5.73. The molecule has 0 spiro atoms. The van der Waals surface area contributed by atoms with Crippen molar-refractivity contribution < 1.29 is 0 Å². The lowest BCUT2D eigenvalue weighted by Gasteiger charge is -2.23. The monoisotopic (exact) mass is 252 g/mol. The first-order valence-electron chi connectivity index (χ1n) is 7.03. The van der Waals surface area contributed by atoms with E-state index in [1.54, 1.807) is 0 Å². The van der Waals surface area contributed by atoms with E-state index in [2.05, 4.69) is 71.6 Å². The first-order valence-corrected chi connectivity index (χ1v) is 7.03. The molecule has 106 valence electrons. The molecule has 0 heterocycles. The average Bonchev–Trinajstić information content (AvgIpc) is 2.31. The van der Waals surface area contributed by atoms with Crippen molar-refractivity contribution in [2.24, 2.45) is 5.92 Å². The zero-order valence-electron chi connectivity index (χ0n) is 13.7. The van der Waals surface area contributed by atoms with E-state index in [1.165, 1.54) is 16.8 Å². The number of likely N-dealkylation sites (N-methyl/N-ethyl adjacent to an activating group) is 2. The summed E-state index contributed by atoms with van der Waals surface area (Å²) in [4.78, 5) is 4.56. The van der Waals surface area contributed by atoms with Gasteiger partial charge < -0.3 is 9.80 Å². The van der Waals surface area contributed by atoms with E-state index in [0.717, 1.165) is 19.5 Å². The van der Waals surface area contributed by atoms with E-state index in [0.29, 0.717) is 5.92 Å². The molecule has 0 rings (SSSR count). The second-order valence-corrected chi connectivity index (χ2v) is 5.73. The highest BCUT2D eigenvalue weighted by Gasteiger charge is 2.05. The van der Waals surface area contributed by atoms with Crippen LogP contribution in [0.2, 0.25) is 0 Å². The molecule has 0 fully saturated rings. The summed E-state index contributed by atoms with van der Waals surface area (Å²) in [6, 6.07) is 0. The largest absolute Gasteiger partial charge is 0.377 e. The third-order valence-corrected chi connectivity index (χ3v) is 3.62. The Hall–Kier alpha value is -0.760. The number of nitrogens with zero attached hydrogens (tertiary/aromatic N) is 2. The Morgan fingerprint density at radius 1 is 1.06 bits per heavy atom. The van der Waals surface area contributed by atoms with Gasteiger partial charge in [-0.15, -0.1) is 0 Å². The predicted octanol–water partition coefficient (Wildman–Crippen LogP) is 3.77. The van der Waals surface area contributed by atoms with Crippen molar-refractivity contribution in [3.63, 3.8) is 0 Å². The minimum Gasteiger partial charge on any atom is -0.377 e. The molecule has 0 bridgehead atoms. The van der Waals surface area contributed by atoms with E-state index >= 15 is 0 Å². The summed E-state index contributed by atoms with van der Waals surface area (Å²) < 4.78 is 0. The van der Waals surface area contributed by atoms with Crippen molar-refractivity contribution in [2.45, 2.75) is 41.0 Å². The van der Waals surface area contributed by atoms with Crippen LogP contribution < -0.4 is 0 Å². The smallest absolute Gasteiger partial charge is 0.0299 e. The summed E-state index contributed by atoms with van der Waals surface area (Å²) in [6.45, 7) is 13.4. The molecule has 0 aliphatic carbocycles. The number of rotatable bonds is 7. The highest BCUT2D eigenvalue weighted by molar-refractivity contribution is 5.27. The van der Waals surface area contributed by atoms with Crippen LogP contribution in [0, 0.1) is 5.92 Å². The second kappa shape index (κ2) is 8.36. The summed E-state index contributed by atoms with van der Waals surface area (Å²) in [5.41, 5.74) is 4.35. The SMILES string of the molecule is CCC(/C=C(\C)N(C)CCN(C)C)=C(/C)C(C)C. The molecule has 18 heavy (non-hydrogen) atoms. The van der Waals surface area contributed by atoms with Gasteiger partial charge in [-0.1, -0.05) is 26.3 Å². The van der Waals surface area contributed by atoms with Crippen molar-refractivity contribution in [2.75, 3.05) is 34.2 Å². The summed E-state index contributed by atoms with van der Waals surface area (Å²) in [6.07, 6.45) is 3.47. The number of hydrogen-bond acceptors (Lipinski definition) is 2. The first-order chi connectivity index (χ1) is 8.29. The molecule has 2 heteroatoms. The minimum atomic E-state index is 0.635. The van der Waals surface area contributed by atoms with Gasteiger partial charge in [0.1, 0.15) is 0 Å². The standard InChI is InChI=1S/C16H32N2/c1-9-16(15(5)13(2)3)12-14(4)18(8)11-10-17(6)7/h12-13H,9-11H2,1-8H3/b14-12+,16-15+. The maximum atomic E-state index is 2.35. The Morgan fingerprint density at radius 2 is 1.61 bits per heavy atom. The van der Waals surface area contributed by atoms with Crippen LogP contribution in [0.25, 0.3) is 0 Å². The molecule has 0 aliphatic rings. The molecule has 0 unspecified atom stereocenters. The molecule has 0 N–H and O–H groups in total. The van der Waals surface area contributed by atoms with E-state index in [-0.39, 0.29) is 0 Å². The molecule has 0 aromatic carbocycles. The Balaban J connectivity index is 4.77. The van der Waals surface area contributed by atoms with Gasteiger partial charge in [-0.05, 0) is 51.9 Å². The van der Waals surface area contributed by atoms with Gasteiger partial charge in [-0.3, -0.25) is 0 Å². The average molecular weight is 252 g/mol. The Morgan fingerprint density at radius 3 is 2.00 bits per heavy atom. The highest BCUT2D eigenvalue weighted by atomic mass is 15.2. The van der Waals surface area contributed by atoms with Crippen LogP contribution in [0.1, 0.15) is 41.0 Å². The molecule has 0 atom stereocenters. The summed E-state index contributed by atoms with van der Waals surface area (Å²) >= 11 is 0. The van der Waals surface area contributed by atoms with E-state index in [9.17, 15) is 0 Å². The van der Waals surface area contributed by atoms with Gasteiger partial charge in [0, 0.05) is 25.8 Å². The normalized spacial score (nSPS) is 14.2. The fourth-order valence-electron chi connectivity index (χ4n) is 1.75.